The van der Waals surface area contributed by atoms with E-state index in [-0.39, 0.29) is 5.91 Å². The molecule has 88 valence electrons. The summed E-state index contributed by atoms with van der Waals surface area (Å²) in [6, 6.07) is 0. The van der Waals surface area contributed by atoms with E-state index in [1.165, 1.54) is 0 Å². The fourth-order valence-electron chi connectivity index (χ4n) is 1.86. The molecule has 0 aromatic rings. The van der Waals surface area contributed by atoms with Gasteiger partial charge in [-0.15, -0.1) is 0 Å². The molecule has 0 aliphatic heterocycles. The monoisotopic (exact) mass is 230 g/mol. The Balaban J connectivity index is 2.67. The third kappa shape index (κ3) is 3.11. The molecule has 3 N–H and O–H groups in total. The number of rotatable bonds is 7. The van der Waals surface area contributed by atoms with Crippen molar-refractivity contribution in [1.29, 1.82) is 0 Å². The minimum absolute atomic E-state index is 0.181. The van der Waals surface area contributed by atoms with Crippen molar-refractivity contribution in [1.82, 2.24) is 5.32 Å². The number of thioether (sulfide) groups is 1. The Morgan fingerprint density at radius 3 is 2.53 bits per heavy atom. The first-order valence-corrected chi connectivity index (χ1v) is 6.74. The molecule has 1 unspecified atom stereocenters. The van der Waals surface area contributed by atoms with E-state index in [0.29, 0.717) is 11.2 Å². The summed E-state index contributed by atoms with van der Waals surface area (Å²) in [7, 11) is 0. The molecule has 0 aromatic carbocycles. The van der Waals surface area contributed by atoms with Crippen molar-refractivity contribution in [2.45, 2.75) is 44.4 Å². The van der Waals surface area contributed by atoms with E-state index in [1.54, 1.807) is 0 Å². The summed E-state index contributed by atoms with van der Waals surface area (Å²) in [6.07, 6.45) is 2.27. The highest BCUT2D eigenvalue weighted by atomic mass is 32.2. The smallest absolute Gasteiger partial charge is 0.238 e. The number of amides is 1. The molecule has 1 fully saturated rings. The number of likely N-dealkylation sites (N-methyl/N-ethyl adjacent to an activating group) is 1. The van der Waals surface area contributed by atoms with E-state index in [0.717, 1.165) is 25.1 Å². The number of hydrogen-bond acceptors (Lipinski definition) is 3. The van der Waals surface area contributed by atoms with Crippen LogP contribution in [0.3, 0.4) is 0 Å². The van der Waals surface area contributed by atoms with Gasteiger partial charge in [-0.1, -0.05) is 20.8 Å². The second kappa shape index (κ2) is 5.21. The van der Waals surface area contributed by atoms with Crippen LogP contribution in [0, 0.1) is 5.92 Å². The fraction of sp³-hybridized carbons (Fsp3) is 0.909. The Bertz CT molecular complexity index is 229. The molecule has 1 rings (SSSR count). The van der Waals surface area contributed by atoms with Gasteiger partial charge in [0.1, 0.15) is 5.54 Å². The van der Waals surface area contributed by atoms with Crippen LogP contribution in [0.2, 0.25) is 0 Å². The van der Waals surface area contributed by atoms with Gasteiger partial charge in [-0.3, -0.25) is 4.79 Å². The van der Waals surface area contributed by atoms with Crippen LogP contribution >= 0.6 is 11.8 Å². The summed E-state index contributed by atoms with van der Waals surface area (Å²) >= 11 is 1.81. The minimum Gasteiger partial charge on any atom is -0.368 e. The lowest BCUT2D eigenvalue weighted by molar-refractivity contribution is -0.124. The zero-order chi connectivity index (χ0) is 11.5. The second-order valence-corrected chi connectivity index (χ2v) is 6.06. The molecular weight excluding hydrogens is 208 g/mol. The SMILES string of the molecule is CCNC(CSC(C)C)(C(N)=O)C1CC1. The second-order valence-electron chi connectivity index (χ2n) is 4.50. The van der Waals surface area contributed by atoms with Crippen LogP contribution in [0.25, 0.3) is 0 Å². The maximum atomic E-state index is 11.7. The van der Waals surface area contributed by atoms with Gasteiger partial charge in [-0.25, -0.2) is 0 Å². The Kier molecular flexibility index (Phi) is 4.46. The zero-order valence-electron chi connectivity index (χ0n) is 9.88. The van der Waals surface area contributed by atoms with Crippen molar-refractivity contribution in [3.63, 3.8) is 0 Å². The summed E-state index contributed by atoms with van der Waals surface area (Å²) in [4.78, 5) is 11.7. The lowest BCUT2D eigenvalue weighted by Crippen LogP contribution is -2.59. The molecule has 0 aromatic heterocycles. The van der Waals surface area contributed by atoms with Crippen molar-refractivity contribution in [2.24, 2.45) is 11.7 Å². The highest BCUT2D eigenvalue weighted by Crippen LogP contribution is 2.41. The lowest BCUT2D eigenvalue weighted by Gasteiger charge is -2.32. The largest absolute Gasteiger partial charge is 0.368 e. The van der Waals surface area contributed by atoms with Crippen LogP contribution < -0.4 is 11.1 Å². The van der Waals surface area contributed by atoms with Gasteiger partial charge in [-0.05, 0) is 30.6 Å². The standard InChI is InChI=1S/C11H22N2OS/c1-4-13-11(10(12)14,9-5-6-9)7-15-8(2)3/h8-9,13H,4-7H2,1-3H3,(H2,12,14). The number of nitrogens with one attached hydrogen (secondary N) is 1. The first kappa shape index (κ1) is 12.8. The Labute approximate surface area is 96.6 Å². The van der Waals surface area contributed by atoms with Crippen molar-refractivity contribution < 1.29 is 4.79 Å². The van der Waals surface area contributed by atoms with E-state index >= 15 is 0 Å². The first-order valence-electron chi connectivity index (χ1n) is 5.69. The van der Waals surface area contributed by atoms with E-state index in [9.17, 15) is 4.79 Å². The lowest BCUT2D eigenvalue weighted by atomic mass is 9.94. The molecular formula is C11H22N2OS. The summed E-state index contributed by atoms with van der Waals surface area (Å²) in [5, 5.41) is 3.86. The molecule has 1 atom stereocenters. The summed E-state index contributed by atoms with van der Waals surface area (Å²) in [6.45, 7) is 7.13. The summed E-state index contributed by atoms with van der Waals surface area (Å²) < 4.78 is 0. The minimum atomic E-state index is -0.455. The van der Waals surface area contributed by atoms with Crippen molar-refractivity contribution in [3.8, 4) is 0 Å². The molecule has 15 heavy (non-hydrogen) atoms. The van der Waals surface area contributed by atoms with E-state index < -0.39 is 5.54 Å². The summed E-state index contributed by atoms with van der Waals surface area (Å²) in [5.74, 6) is 1.08. The van der Waals surface area contributed by atoms with Crippen LogP contribution in [0.5, 0.6) is 0 Å². The van der Waals surface area contributed by atoms with Gasteiger partial charge in [0.25, 0.3) is 0 Å². The molecule has 4 heteroatoms. The quantitative estimate of drug-likeness (QED) is 0.694. The van der Waals surface area contributed by atoms with E-state index in [4.69, 9.17) is 5.73 Å². The molecule has 1 aliphatic rings. The van der Waals surface area contributed by atoms with Crippen LogP contribution in [-0.2, 0) is 4.79 Å². The predicted molar refractivity (Wildman–Crippen MR) is 65.9 cm³/mol. The predicted octanol–water partition coefficient (Wildman–Crippen LogP) is 1.37. The molecule has 1 aliphatic carbocycles. The molecule has 0 saturated heterocycles. The third-order valence-electron chi connectivity index (χ3n) is 2.85. The van der Waals surface area contributed by atoms with Crippen LogP contribution in [0.15, 0.2) is 0 Å². The maximum Gasteiger partial charge on any atom is 0.238 e. The first-order chi connectivity index (χ1) is 7.03. The molecule has 1 amide bonds. The number of carbonyl (C=O) groups is 1. The number of hydrogen-bond donors (Lipinski definition) is 2. The van der Waals surface area contributed by atoms with Crippen LogP contribution in [-0.4, -0.2) is 29.0 Å². The Hall–Kier alpha value is -0.220. The number of primary amides is 1. The van der Waals surface area contributed by atoms with E-state index in [2.05, 4.69) is 19.2 Å². The van der Waals surface area contributed by atoms with Crippen molar-refractivity contribution in [2.75, 3.05) is 12.3 Å². The Morgan fingerprint density at radius 1 is 1.60 bits per heavy atom. The zero-order valence-corrected chi connectivity index (χ0v) is 10.7. The van der Waals surface area contributed by atoms with Gasteiger partial charge in [-0.2, -0.15) is 11.8 Å². The average Bonchev–Trinajstić information content (AvgIpc) is 2.94. The van der Waals surface area contributed by atoms with Gasteiger partial charge in [0.2, 0.25) is 5.91 Å². The van der Waals surface area contributed by atoms with Crippen molar-refractivity contribution >= 4 is 17.7 Å². The highest BCUT2D eigenvalue weighted by Gasteiger charge is 2.49. The van der Waals surface area contributed by atoms with Gasteiger partial charge in [0, 0.05) is 5.75 Å². The topological polar surface area (TPSA) is 55.1 Å². The van der Waals surface area contributed by atoms with Gasteiger partial charge >= 0.3 is 0 Å². The molecule has 0 radical (unpaired) electrons. The number of nitrogens with two attached hydrogens (primary N) is 1. The van der Waals surface area contributed by atoms with Gasteiger partial charge in [0.15, 0.2) is 0 Å². The normalized spacial score (nSPS) is 20.3. The fourth-order valence-corrected chi connectivity index (χ4v) is 2.94. The van der Waals surface area contributed by atoms with E-state index in [1.807, 2.05) is 18.7 Å². The number of carbonyl (C=O) groups excluding carboxylic acids is 1. The van der Waals surface area contributed by atoms with Crippen LogP contribution in [0.4, 0.5) is 0 Å². The molecule has 0 bridgehead atoms. The highest BCUT2D eigenvalue weighted by molar-refractivity contribution is 7.99. The van der Waals surface area contributed by atoms with Gasteiger partial charge in [0.05, 0.1) is 0 Å². The maximum absolute atomic E-state index is 11.7. The van der Waals surface area contributed by atoms with Crippen molar-refractivity contribution in [3.05, 3.63) is 0 Å². The molecule has 1 saturated carbocycles. The molecule has 0 spiro atoms. The molecule has 0 heterocycles. The molecule has 3 nitrogen and oxygen atoms in total. The summed E-state index contributed by atoms with van der Waals surface area (Å²) in [5.41, 5.74) is 5.12. The van der Waals surface area contributed by atoms with Crippen LogP contribution in [0.1, 0.15) is 33.6 Å². The Morgan fingerprint density at radius 2 is 2.20 bits per heavy atom. The average molecular weight is 230 g/mol. The van der Waals surface area contributed by atoms with Gasteiger partial charge < -0.3 is 11.1 Å². The third-order valence-corrected chi connectivity index (χ3v) is 4.14.